The van der Waals surface area contributed by atoms with Gasteiger partial charge in [-0.1, -0.05) is 6.42 Å². The highest BCUT2D eigenvalue weighted by Gasteiger charge is 2.57. The second-order valence-corrected chi connectivity index (χ2v) is 4.16. The van der Waals surface area contributed by atoms with Gasteiger partial charge in [0.2, 0.25) is 11.8 Å². The number of hydrogen-bond donors (Lipinski definition) is 1. The number of nitrogens with one attached hydrogen (secondary N) is 1. The van der Waals surface area contributed by atoms with Gasteiger partial charge < -0.3 is 4.74 Å². The number of ether oxygens (including phenoxy) is 1. The normalized spacial score (nSPS) is 22.2. The fraction of sp³-hybridized carbons (Fsp3) is 0.600. The highest BCUT2D eigenvalue weighted by Crippen LogP contribution is 2.44. The van der Waals surface area contributed by atoms with Gasteiger partial charge in [0.1, 0.15) is 12.0 Å². The predicted octanol–water partition coefficient (Wildman–Crippen LogP) is -0.592. The summed E-state index contributed by atoms with van der Waals surface area (Å²) < 4.78 is 4.40. The molecule has 7 heteroatoms. The Morgan fingerprint density at radius 3 is 2.53 bits per heavy atom. The van der Waals surface area contributed by atoms with Gasteiger partial charge in [-0.15, -0.1) is 0 Å². The Bertz CT molecular complexity index is 413. The standard InChI is InChI=1S/C10H12N2O5/c1-17-6(13)5-12-8(15)10(3-2-4-10)7(14)11-9(12)16/h2-5H2,1H3,(H,11,14,16). The lowest BCUT2D eigenvalue weighted by Gasteiger charge is -2.44. The highest BCUT2D eigenvalue weighted by molar-refractivity contribution is 6.20. The lowest BCUT2D eigenvalue weighted by molar-refractivity contribution is -0.161. The van der Waals surface area contributed by atoms with Crippen molar-refractivity contribution in [1.29, 1.82) is 0 Å². The predicted molar refractivity (Wildman–Crippen MR) is 53.6 cm³/mol. The van der Waals surface area contributed by atoms with Gasteiger partial charge in [0.25, 0.3) is 0 Å². The summed E-state index contributed by atoms with van der Waals surface area (Å²) in [4.78, 5) is 47.0. The van der Waals surface area contributed by atoms with Crippen LogP contribution in [0.4, 0.5) is 4.79 Å². The number of rotatable bonds is 2. The summed E-state index contributed by atoms with van der Waals surface area (Å²) >= 11 is 0. The number of imide groups is 2. The summed E-state index contributed by atoms with van der Waals surface area (Å²) in [6, 6.07) is -0.858. The Morgan fingerprint density at radius 1 is 1.41 bits per heavy atom. The van der Waals surface area contributed by atoms with Crippen molar-refractivity contribution in [2.24, 2.45) is 5.41 Å². The number of carbonyl (C=O) groups excluding carboxylic acids is 4. The van der Waals surface area contributed by atoms with E-state index in [2.05, 4.69) is 10.1 Å². The van der Waals surface area contributed by atoms with E-state index < -0.39 is 35.8 Å². The first-order valence-corrected chi connectivity index (χ1v) is 5.25. The Hall–Kier alpha value is -1.92. The second-order valence-electron chi connectivity index (χ2n) is 4.16. The van der Waals surface area contributed by atoms with Crippen LogP contribution in [-0.4, -0.2) is 42.4 Å². The minimum absolute atomic E-state index is 0.419. The SMILES string of the molecule is COC(=O)CN1C(=O)NC(=O)C2(CCC2)C1=O. The van der Waals surface area contributed by atoms with E-state index in [1.54, 1.807) is 0 Å². The van der Waals surface area contributed by atoms with E-state index in [0.717, 1.165) is 11.3 Å². The molecule has 1 heterocycles. The van der Waals surface area contributed by atoms with Crippen LogP contribution in [0, 0.1) is 5.41 Å². The molecule has 0 radical (unpaired) electrons. The molecule has 0 unspecified atom stereocenters. The lowest BCUT2D eigenvalue weighted by atomic mass is 9.66. The quantitative estimate of drug-likeness (QED) is 0.514. The number of barbiturate groups is 1. The monoisotopic (exact) mass is 240 g/mol. The molecule has 0 bridgehead atoms. The summed E-state index contributed by atoms with van der Waals surface area (Å²) in [6.45, 7) is -0.462. The number of urea groups is 1. The third-order valence-corrected chi connectivity index (χ3v) is 3.28. The molecule has 1 saturated heterocycles. The third kappa shape index (κ3) is 1.58. The van der Waals surface area contributed by atoms with Crippen LogP contribution in [0.2, 0.25) is 0 Å². The van der Waals surface area contributed by atoms with Crippen molar-refractivity contribution in [2.75, 3.05) is 13.7 Å². The van der Waals surface area contributed by atoms with Crippen LogP contribution in [0.5, 0.6) is 0 Å². The Kier molecular flexibility index (Phi) is 2.60. The average Bonchev–Trinajstić information content (AvgIpc) is 2.21. The first kappa shape index (κ1) is 11.6. The van der Waals surface area contributed by atoms with Crippen LogP contribution in [0.25, 0.3) is 0 Å². The lowest BCUT2D eigenvalue weighted by Crippen LogP contribution is -2.66. The average molecular weight is 240 g/mol. The van der Waals surface area contributed by atoms with Gasteiger partial charge in [0, 0.05) is 0 Å². The fourth-order valence-corrected chi connectivity index (χ4v) is 2.04. The van der Waals surface area contributed by atoms with Gasteiger partial charge in [-0.2, -0.15) is 0 Å². The number of carbonyl (C=O) groups is 4. The molecule has 17 heavy (non-hydrogen) atoms. The maximum absolute atomic E-state index is 12.0. The van der Waals surface area contributed by atoms with Gasteiger partial charge in [-0.05, 0) is 12.8 Å². The molecular weight excluding hydrogens is 228 g/mol. The van der Waals surface area contributed by atoms with E-state index in [0.29, 0.717) is 12.8 Å². The molecule has 7 nitrogen and oxygen atoms in total. The Morgan fingerprint density at radius 2 is 2.06 bits per heavy atom. The summed E-state index contributed by atoms with van der Waals surface area (Å²) in [7, 11) is 1.17. The molecule has 1 aliphatic carbocycles. The zero-order chi connectivity index (χ0) is 12.6. The van der Waals surface area contributed by atoms with Gasteiger partial charge in [0.15, 0.2) is 0 Å². The molecule has 0 aromatic rings. The minimum Gasteiger partial charge on any atom is -0.468 e. The molecule has 0 aromatic heterocycles. The van der Waals surface area contributed by atoms with Crippen molar-refractivity contribution in [3.05, 3.63) is 0 Å². The van der Waals surface area contributed by atoms with E-state index in [-0.39, 0.29) is 0 Å². The summed E-state index contributed by atoms with van der Waals surface area (Å²) in [5, 5.41) is 2.10. The van der Waals surface area contributed by atoms with Crippen molar-refractivity contribution in [3.63, 3.8) is 0 Å². The maximum atomic E-state index is 12.0. The molecule has 92 valence electrons. The molecule has 0 aromatic carbocycles. The first-order valence-electron chi connectivity index (χ1n) is 5.25. The minimum atomic E-state index is -1.14. The highest BCUT2D eigenvalue weighted by atomic mass is 16.5. The number of hydrogen-bond acceptors (Lipinski definition) is 5. The van der Waals surface area contributed by atoms with Crippen LogP contribution >= 0.6 is 0 Å². The molecular formula is C10H12N2O5. The number of nitrogens with zero attached hydrogens (tertiary/aromatic N) is 1. The van der Waals surface area contributed by atoms with Crippen LogP contribution in [0.3, 0.4) is 0 Å². The van der Waals surface area contributed by atoms with Gasteiger partial charge >= 0.3 is 12.0 Å². The van der Waals surface area contributed by atoms with Crippen LogP contribution < -0.4 is 5.32 Å². The summed E-state index contributed by atoms with van der Waals surface area (Å²) in [5.74, 6) is -1.85. The van der Waals surface area contributed by atoms with Crippen LogP contribution in [0.1, 0.15) is 19.3 Å². The van der Waals surface area contributed by atoms with Gasteiger partial charge in [-0.3, -0.25) is 24.6 Å². The molecule has 0 atom stereocenters. The van der Waals surface area contributed by atoms with E-state index in [1.165, 1.54) is 7.11 Å². The van der Waals surface area contributed by atoms with Gasteiger partial charge in [0.05, 0.1) is 7.11 Å². The number of methoxy groups -OCH3 is 1. The molecule has 1 aliphatic heterocycles. The molecule has 2 fully saturated rings. The van der Waals surface area contributed by atoms with Crippen molar-refractivity contribution < 1.29 is 23.9 Å². The number of amides is 4. The Labute approximate surface area is 97.1 Å². The van der Waals surface area contributed by atoms with E-state index in [9.17, 15) is 19.2 Å². The van der Waals surface area contributed by atoms with Gasteiger partial charge in [-0.25, -0.2) is 4.79 Å². The molecule has 4 amide bonds. The Balaban J connectivity index is 2.21. The fourth-order valence-electron chi connectivity index (χ4n) is 2.04. The maximum Gasteiger partial charge on any atom is 0.331 e. The molecule has 2 aliphatic rings. The summed E-state index contributed by atoms with van der Waals surface area (Å²) in [5.41, 5.74) is -1.14. The molecule has 2 rings (SSSR count). The van der Waals surface area contributed by atoms with Crippen LogP contribution in [-0.2, 0) is 19.1 Å². The van der Waals surface area contributed by atoms with E-state index in [4.69, 9.17) is 0 Å². The molecule has 1 spiro atoms. The smallest absolute Gasteiger partial charge is 0.331 e. The van der Waals surface area contributed by atoms with Crippen LogP contribution in [0.15, 0.2) is 0 Å². The third-order valence-electron chi connectivity index (χ3n) is 3.28. The zero-order valence-corrected chi connectivity index (χ0v) is 9.32. The van der Waals surface area contributed by atoms with Crippen molar-refractivity contribution in [1.82, 2.24) is 10.2 Å². The first-order chi connectivity index (χ1) is 8.01. The van der Waals surface area contributed by atoms with E-state index in [1.807, 2.05) is 0 Å². The zero-order valence-electron chi connectivity index (χ0n) is 9.32. The molecule has 1 N–H and O–H groups in total. The van der Waals surface area contributed by atoms with E-state index >= 15 is 0 Å². The summed E-state index contributed by atoms with van der Waals surface area (Å²) in [6.07, 6.45) is 1.60. The topological polar surface area (TPSA) is 92.8 Å². The van der Waals surface area contributed by atoms with Crippen molar-refractivity contribution >= 4 is 23.8 Å². The molecule has 1 saturated carbocycles. The van der Waals surface area contributed by atoms with Crippen molar-refractivity contribution in [3.8, 4) is 0 Å². The second kappa shape index (κ2) is 3.83. The number of esters is 1. The largest absolute Gasteiger partial charge is 0.468 e. The van der Waals surface area contributed by atoms with Crippen molar-refractivity contribution in [2.45, 2.75) is 19.3 Å².